The first-order chi connectivity index (χ1) is 8.50. The van der Waals surface area contributed by atoms with Crippen molar-refractivity contribution in [3.8, 4) is 0 Å². The van der Waals surface area contributed by atoms with E-state index in [0.29, 0.717) is 29.8 Å². The van der Waals surface area contributed by atoms with Gasteiger partial charge in [-0.2, -0.15) is 0 Å². The van der Waals surface area contributed by atoms with Gasteiger partial charge in [0.15, 0.2) is 0 Å². The zero-order chi connectivity index (χ0) is 12.9. The maximum absolute atomic E-state index is 12.3. The third-order valence-corrected chi connectivity index (χ3v) is 5.89. The zero-order valence-electron chi connectivity index (χ0n) is 11.9. The second-order valence-corrected chi connectivity index (χ2v) is 7.30. The minimum atomic E-state index is -0.0839. The number of rotatable bonds is 0. The van der Waals surface area contributed by atoms with Crippen LogP contribution < -0.4 is 0 Å². The summed E-state index contributed by atoms with van der Waals surface area (Å²) >= 11 is 0. The molecule has 1 saturated heterocycles. The van der Waals surface area contributed by atoms with Crippen LogP contribution in [0.25, 0.3) is 0 Å². The number of ketones is 1. The fourth-order valence-corrected chi connectivity index (χ4v) is 4.52. The molecule has 0 bridgehead atoms. The first kappa shape index (κ1) is 12.7. The second kappa shape index (κ2) is 4.33. The second-order valence-electron chi connectivity index (χ2n) is 7.30. The van der Waals surface area contributed by atoms with Crippen molar-refractivity contribution in [3.05, 3.63) is 0 Å². The topological polar surface area (TPSA) is 29.6 Å². The monoisotopic (exact) mass is 250 g/mol. The lowest BCUT2D eigenvalue weighted by Gasteiger charge is -2.35. The Balaban J connectivity index is 1.82. The van der Waals surface area contributed by atoms with Gasteiger partial charge in [-0.1, -0.05) is 33.6 Å². The molecule has 1 heterocycles. The quantitative estimate of drug-likeness (QED) is 0.615. The van der Waals surface area contributed by atoms with E-state index in [1.807, 2.05) is 0 Å². The third kappa shape index (κ3) is 2.03. The number of hydrogen-bond donors (Lipinski definition) is 0. The van der Waals surface area contributed by atoms with Gasteiger partial charge < -0.3 is 4.74 Å². The molecule has 0 spiro atoms. The Morgan fingerprint density at radius 3 is 2.72 bits per heavy atom. The summed E-state index contributed by atoms with van der Waals surface area (Å²) in [5, 5.41) is 0. The van der Waals surface area contributed by atoms with Crippen LogP contribution in [0.15, 0.2) is 0 Å². The first-order valence-electron chi connectivity index (χ1n) is 7.69. The van der Waals surface area contributed by atoms with E-state index in [2.05, 4.69) is 20.8 Å². The molecule has 0 aromatic rings. The van der Waals surface area contributed by atoms with Gasteiger partial charge >= 0.3 is 0 Å². The molecule has 2 saturated carbocycles. The van der Waals surface area contributed by atoms with E-state index >= 15 is 0 Å². The van der Waals surface area contributed by atoms with E-state index in [-0.39, 0.29) is 5.41 Å². The molecule has 0 radical (unpaired) electrons. The van der Waals surface area contributed by atoms with Gasteiger partial charge in [0, 0.05) is 11.8 Å². The van der Waals surface area contributed by atoms with Crippen molar-refractivity contribution in [1.29, 1.82) is 0 Å². The average molecular weight is 250 g/mol. The largest absolute Gasteiger partial charge is 0.370 e. The number of carbonyl (C=O) groups is 1. The molecule has 6 atom stereocenters. The van der Waals surface area contributed by atoms with Crippen LogP contribution in [0.3, 0.4) is 0 Å². The molecule has 2 heteroatoms. The lowest BCUT2D eigenvalue weighted by molar-refractivity contribution is -0.127. The minimum Gasteiger partial charge on any atom is -0.370 e. The van der Waals surface area contributed by atoms with Crippen LogP contribution >= 0.6 is 0 Å². The molecule has 2 nitrogen and oxygen atoms in total. The lowest BCUT2D eigenvalue weighted by atomic mass is 9.68. The molecular formula is C16H26O2. The van der Waals surface area contributed by atoms with E-state index in [1.165, 1.54) is 19.3 Å². The summed E-state index contributed by atoms with van der Waals surface area (Å²) in [6.45, 7) is 6.93. The molecule has 0 aromatic heterocycles. The number of hydrogen-bond acceptors (Lipinski definition) is 2. The Hall–Kier alpha value is -0.370. The SMILES string of the molecule is C[C@H]1CC[C@H](C)[C@@H]2CCC(=O)[C@@]2(C)C[C@H]2O[C@H]2C1. The van der Waals surface area contributed by atoms with Crippen LogP contribution in [-0.4, -0.2) is 18.0 Å². The van der Waals surface area contributed by atoms with E-state index in [9.17, 15) is 4.79 Å². The summed E-state index contributed by atoms with van der Waals surface area (Å²) in [5.41, 5.74) is -0.0839. The summed E-state index contributed by atoms with van der Waals surface area (Å²) in [5.74, 6) is 2.57. The highest BCUT2D eigenvalue weighted by Gasteiger charge is 2.53. The summed E-state index contributed by atoms with van der Waals surface area (Å²) in [6.07, 6.45) is 7.53. The Morgan fingerprint density at radius 2 is 1.94 bits per heavy atom. The normalized spacial score (nSPS) is 52.6. The van der Waals surface area contributed by atoms with Crippen molar-refractivity contribution in [2.45, 2.75) is 71.5 Å². The molecule has 18 heavy (non-hydrogen) atoms. The number of carbonyl (C=O) groups excluding carboxylic acids is 1. The standard InChI is InChI=1S/C16H26O2/c1-10-4-5-11(2)12-6-7-15(17)16(12,3)9-14-13(8-10)18-14/h10-14H,4-9H2,1-3H3/t10-,11-,12-,13-,14+,16-/m0/s1. The molecule has 3 fully saturated rings. The van der Waals surface area contributed by atoms with Crippen molar-refractivity contribution in [2.24, 2.45) is 23.2 Å². The highest BCUT2D eigenvalue weighted by molar-refractivity contribution is 5.87. The predicted octanol–water partition coefficient (Wildman–Crippen LogP) is 3.59. The summed E-state index contributed by atoms with van der Waals surface area (Å²) in [4.78, 5) is 12.3. The van der Waals surface area contributed by atoms with Crippen molar-refractivity contribution in [2.75, 3.05) is 0 Å². The fraction of sp³-hybridized carbons (Fsp3) is 0.938. The maximum Gasteiger partial charge on any atom is 0.139 e. The van der Waals surface area contributed by atoms with E-state index < -0.39 is 0 Å². The molecular weight excluding hydrogens is 224 g/mol. The Bertz CT molecular complexity index is 351. The number of ether oxygens (including phenoxy) is 1. The molecule has 0 amide bonds. The van der Waals surface area contributed by atoms with Crippen molar-refractivity contribution >= 4 is 5.78 Å². The minimum absolute atomic E-state index is 0.0839. The highest BCUT2D eigenvalue weighted by Crippen LogP contribution is 2.52. The van der Waals surface area contributed by atoms with Gasteiger partial charge in [0.2, 0.25) is 0 Å². The summed E-state index contributed by atoms with van der Waals surface area (Å²) < 4.78 is 5.82. The Kier molecular flexibility index (Phi) is 3.04. The maximum atomic E-state index is 12.3. The molecule has 3 aliphatic rings. The Labute approximate surface area is 110 Å². The van der Waals surface area contributed by atoms with Crippen LogP contribution in [0.2, 0.25) is 0 Å². The van der Waals surface area contributed by atoms with E-state index in [4.69, 9.17) is 4.74 Å². The molecule has 0 unspecified atom stereocenters. The zero-order valence-corrected chi connectivity index (χ0v) is 11.9. The third-order valence-electron chi connectivity index (χ3n) is 5.89. The molecule has 1 aliphatic heterocycles. The lowest BCUT2D eigenvalue weighted by Crippen LogP contribution is -2.35. The molecule has 3 rings (SSSR count). The fourth-order valence-electron chi connectivity index (χ4n) is 4.52. The highest BCUT2D eigenvalue weighted by atomic mass is 16.6. The van der Waals surface area contributed by atoms with Crippen molar-refractivity contribution in [3.63, 3.8) is 0 Å². The molecule has 0 aromatic carbocycles. The molecule has 2 aliphatic carbocycles. The average Bonchev–Trinajstić information content (AvgIpc) is 2.95. The number of fused-ring (bicyclic) bond motifs is 2. The van der Waals surface area contributed by atoms with Crippen LogP contribution in [0.1, 0.15) is 59.3 Å². The van der Waals surface area contributed by atoms with Crippen LogP contribution in [0.4, 0.5) is 0 Å². The van der Waals surface area contributed by atoms with Crippen molar-refractivity contribution < 1.29 is 9.53 Å². The smallest absolute Gasteiger partial charge is 0.139 e. The molecule has 102 valence electrons. The van der Waals surface area contributed by atoms with Crippen LogP contribution in [0.5, 0.6) is 0 Å². The molecule has 0 N–H and O–H groups in total. The van der Waals surface area contributed by atoms with Gasteiger partial charge in [0.1, 0.15) is 5.78 Å². The van der Waals surface area contributed by atoms with Gasteiger partial charge in [0.25, 0.3) is 0 Å². The summed E-state index contributed by atoms with van der Waals surface area (Å²) in [6, 6.07) is 0. The van der Waals surface area contributed by atoms with Gasteiger partial charge in [-0.25, -0.2) is 0 Å². The van der Waals surface area contributed by atoms with Gasteiger partial charge in [0.05, 0.1) is 12.2 Å². The predicted molar refractivity (Wildman–Crippen MR) is 71.3 cm³/mol. The summed E-state index contributed by atoms with van der Waals surface area (Å²) in [7, 11) is 0. The van der Waals surface area contributed by atoms with E-state index in [0.717, 1.165) is 25.2 Å². The number of epoxide rings is 1. The van der Waals surface area contributed by atoms with Gasteiger partial charge in [-0.15, -0.1) is 0 Å². The van der Waals surface area contributed by atoms with Crippen molar-refractivity contribution in [1.82, 2.24) is 0 Å². The van der Waals surface area contributed by atoms with Gasteiger partial charge in [-0.05, 0) is 37.0 Å². The van der Waals surface area contributed by atoms with Crippen LogP contribution in [-0.2, 0) is 9.53 Å². The number of Topliss-reactive ketones (excluding diaryl/α,β-unsaturated/α-hetero) is 1. The van der Waals surface area contributed by atoms with Crippen LogP contribution in [0, 0.1) is 23.2 Å². The first-order valence-corrected chi connectivity index (χ1v) is 7.69. The van der Waals surface area contributed by atoms with Gasteiger partial charge in [-0.3, -0.25) is 4.79 Å². The Morgan fingerprint density at radius 1 is 1.17 bits per heavy atom. The van der Waals surface area contributed by atoms with E-state index in [1.54, 1.807) is 0 Å².